The molecule has 0 aliphatic rings. The molecule has 0 bridgehead atoms. The molecule has 1 aromatic heterocycles. The lowest BCUT2D eigenvalue weighted by Gasteiger charge is -2.14. The molecule has 0 unspecified atom stereocenters. The summed E-state index contributed by atoms with van der Waals surface area (Å²) in [4.78, 5) is 2.76. The van der Waals surface area contributed by atoms with Gasteiger partial charge in [0.25, 0.3) is 0 Å². The number of aromatic nitrogens is 1. The second-order valence-electron chi connectivity index (χ2n) is 3.67. The van der Waals surface area contributed by atoms with Gasteiger partial charge in [-0.05, 0) is 18.2 Å². The van der Waals surface area contributed by atoms with Gasteiger partial charge in [0, 0.05) is 22.7 Å². The number of halogens is 4. The van der Waals surface area contributed by atoms with Crippen molar-refractivity contribution in [2.24, 2.45) is 5.73 Å². The second kappa shape index (κ2) is 5.07. The largest absolute Gasteiger partial charge is 0.497 e. The fourth-order valence-corrected chi connectivity index (χ4v) is 1.68. The van der Waals surface area contributed by atoms with Crippen LogP contribution >= 0.6 is 12.4 Å². The van der Waals surface area contributed by atoms with Crippen LogP contribution in [0.15, 0.2) is 24.4 Å². The Labute approximate surface area is 108 Å². The molecule has 0 radical (unpaired) electrons. The van der Waals surface area contributed by atoms with Crippen molar-refractivity contribution in [2.75, 3.05) is 7.11 Å². The molecular formula is C11H12ClF3N2O. The van der Waals surface area contributed by atoms with Gasteiger partial charge in [-0.2, -0.15) is 13.2 Å². The summed E-state index contributed by atoms with van der Waals surface area (Å²) in [5.74, 6) is 0.493. The first-order valence-electron chi connectivity index (χ1n) is 4.91. The average molecular weight is 281 g/mol. The van der Waals surface area contributed by atoms with Crippen LogP contribution in [-0.2, 0) is 0 Å². The van der Waals surface area contributed by atoms with Crippen molar-refractivity contribution in [1.82, 2.24) is 4.98 Å². The molecule has 1 heterocycles. The summed E-state index contributed by atoms with van der Waals surface area (Å²) in [6.45, 7) is 0. The third kappa shape index (κ3) is 2.54. The maximum absolute atomic E-state index is 12.6. The van der Waals surface area contributed by atoms with Crippen LogP contribution in [0.3, 0.4) is 0 Å². The quantitative estimate of drug-likeness (QED) is 0.888. The number of ether oxygens (including phenoxy) is 1. The Hall–Kier alpha value is -1.40. The summed E-state index contributed by atoms with van der Waals surface area (Å²) in [7, 11) is 1.46. The van der Waals surface area contributed by atoms with Gasteiger partial charge in [-0.15, -0.1) is 12.4 Å². The lowest BCUT2D eigenvalue weighted by atomic mass is 10.1. The Morgan fingerprint density at radius 2 is 2.00 bits per heavy atom. The number of alkyl halides is 3. The lowest BCUT2D eigenvalue weighted by molar-refractivity contribution is -0.148. The third-order valence-corrected chi connectivity index (χ3v) is 2.61. The molecule has 1 aromatic carbocycles. The highest BCUT2D eigenvalue weighted by atomic mass is 35.5. The highest BCUT2D eigenvalue weighted by molar-refractivity contribution is 5.85. The first-order valence-corrected chi connectivity index (χ1v) is 4.91. The van der Waals surface area contributed by atoms with Crippen LogP contribution < -0.4 is 10.5 Å². The van der Waals surface area contributed by atoms with Gasteiger partial charge in [-0.25, -0.2) is 0 Å². The number of nitrogens with two attached hydrogens (primary N) is 1. The Morgan fingerprint density at radius 3 is 2.56 bits per heavy atom. The molecular weight excluding hydrogens is 269 g/mol. The van der Waals surface area contributed by atoms with Gasteiger partial charge in [0.2, 0.25) is 0 Å². The fourth-order valence-electron chi connectivity index (χ4n) is 1.68. The molecule has 0 aliphatic heterocycles. The van der Waals surface area contributed by atoms with Gasteiger partial charge >= 0.3 is 6.18 Å². The molecule has 1 atom stereocenters. The minimum atomic E-state index is -4.46. The van der Waals surface area contributed by atoms with Gasteiger partial charge in [0.15, 0.2) is 0 Å². The number of hydrogen-bond acceptors (Lipinski definition) is 2. The molecule has 7 heteroatoms. The summed E-state index contributed by atoms with van der Waals surface area (Å²) < 4.78 is 42.6. The third-order valence-electron chi connectivity index (χ3n) is 2.61. The standard InChI is InChI=1S/C11H11F3N2O.ClH/c1-17-6-2-3-9-7(4-6)8(5-16-9)10(15)11(12,13)14;/h2-5,10,16H,15H2,1H3;1H/t10-;/m1./s1. The van der Waals surface area contributed by atoms with Gasteiger partial charge in [0.05, 0.1) is 7.11 Å². The van der Waals surface area contributed by atoms with Crippen molar-refractivity contribution < 1.29 is 17.9 Å². The smallest absolute Gasteiger partial charge is 0.407 e. The molecule has 0 saturated carbocycles. The Kier molecular flexibility index (Phi) is 4.13. The van der Waals surface area contributed by atoms with E-state index < -0.39 is 12.2 Å². The molecule has 2 rings (SSSR count). The number of methoxy groups -OCH3 is 1. The summed E-state index contributed by atoms with van der Waals surface area (Å²) >= 11 is 0. The summed E-state index contributed by atoms with van der Waals surface area (Å²) in [6.07, 6.45) is -3.18. The summed E-state index contributed by atoms with van der Waals surface area (Å²) in [6, 6.07) is 2.86. The minimum absolute atomic E-state index is 0. The zero-order valence-corrected chi connectivity index (χ0v) is 10.2. The molecule has 2 aromatic rings. The molecule has 18 heavy (non-hydrogen) atoms. The number of benzene rings is 1. The molecule has 3 nitrogen and oxygen atoms in total. The van der Waals surface area contributed by atoms with Crippen molar-refractivity contribution in [1.29, 1.82) is 0 Å². The fraction of sp³-hybridized carbons (Fsp3) is 0.273. The zero-order valence-electron chi connectivity index (χ0n) is 9.41. The van der Waals surface area contributed by atoms with Crippen LogP contribution in [0, 0.1) is 0 Å². The van der Waals surface area contributed by atoms with Crippen LogP contribution in [-0.4, -0.2) is 18.3 Å². The maximum Gasteiger partial charge on any atom is 0.407 e. The van der Waals surface area contributed by atoms with E-state index in [9.17, 15) is 13.2 Å². The molecule has 3 N–H and O–H groups in total. The first-order chi connectivity index (χ1) is 7.93. The Morgan fingerprint density at radius 1 is 1.33 bits per heavy atom. The lowest BCUT2D eigenvalue weighted by Crippen LogP contribution is -2.28. The zero-order chi connectivity index (χ0) is 12.6. The molecule has 0 spiro atoms. The maximum atomic E-state index is 12.6. The van der Waals surface area contributed by atoms with Crippen LogP contribution in [0.1, 0.15) is 11.6 Å². The highest BCUT2D eigenvalue weighted by Crippen LogP contribution is 2.35. The van der Waals surface area contributed by atoms with Crippen LogP contribution in [0.2, 0.25) is 0 Å². The van der Waals surface area contributed by atoms with E-state index in [1.54, 1.807) is 12.1 Å². The van der Waals surface area contributed by atoms with Gasteiger partial charge in [0.1, 0.15) is 11.8 Å². The van der Waals surface area contributed by atoms with Crippen molar-refractivity contribution in [3.05, 3.63) is 30.0 Å². The normalized spacial score (nSPS) is 13.2. The molecule has 0 amide bonds. The number of fused-ring (bicyclic) bond motifs is 1. The van der Waals surface area contributed by atoms with Gasteiger partial charge in [-0.3, -0.25) is 0 Å². The van der Waals surface area contributed by atoms with E-state index in [1.807, 2.05) is 0 Å². The van der Waals surface area contributed by atoms with E-state index in [0.29, 0.717) is 16.7 Å². The molecule has 100 valence electrons. The molecule has 0 saturated heterocycles. The minimum Gasteiger partial charge on any atom is -0.497 e. The summed E-state index contributed by atoms with van der Waals surface area (Å²) in [5, 5.41) is 0.425. The van der Waals surface area contributed by atoms with Crippen LogP contribution in [0.4, 0.5) is 13.2 Å². The highest BCUT2D eigenvalue weighted by Gasteiger charge is 2.39. The number of nitrogens with one attached hydrogen (secondary N) is 1. The van der Waals surface area contributed by atoms with Crippen LogP contribution in [0.25, 0.3) is 10.9 Å². The monoisotopic (exact) mass is 280 g/mol. The predicted molar refractivity (Wildman–Crippen MR) is 65.1 cm³/mol. The number of H-pyrrole nitrogens is 1. The van der Waals surface area contributed by atoms with Crippen LogP contribution in [0.5, 0.6) is 5.75 Å². The van der Waals surface area contributed by atoms with Gasteiger partial charge < -0.3 is 15.5 Å². The molecule has 0 fully saturated rings. The number of hydrogen-bond donors (Lipinski definition) is 2. The second-order valence-corrected chi connectivity index (χ2v) is 3.67. The Balaban J connectivity index is 0.00000162. The average Bonchev–Trinajstić information content (AvgIpc) is 2.69. The van der Waals surface area contributed by atoms with Gasteiger partial charge in [-0.1, -0.05) is 0 Å². The van der Waals surface area contributed by atoms with Crippen molar-refractivity contribution in [3.8, 4) is 5.75 Å². The van der Waals surface area contributed by atoms with E-state index in [4.69, 9.17) is 10.5 Å². The Bertz CT molecular complexity index is 539. The van der Waals surface area contributed by atoms with Crippen molar-refractivity contribution in [2.45, 2.75) is 12.2 Å². The summed E-state index contributed by atoms with van der Waals surface area (Å²) in [5.41, 5.74) is 5.81. The van der Waals surface area contributed by atoms with E-state index in [0.717, 1.165) is 0 Å². The van der Waals surface area contributed by atoms with Crippen molar-refractivity contribution >= 4 is 23.3 Å². The van der Waals surface area contributed by atoms with Crippen molar-refractivity contribution in [3.63, 3.8) is 0 Å². The predicted octanol–water partition coefficient (Wildman–Crippen LogP) is 3.16. The molecule has 0 aliphatic carbocycles. The van der Waals surface area contributed by atoms with E-state index in [1.165, 1.54) is 19.4 Å². The van der Waals surface area contributed by atoms with E-state index in [-0.39, 0.29) is 18.0 Å². The van der Waals surface area contributed by atoms with E-state index in [2.05, 4.69) is 4.98 Å². The van der Waals surface area contributed by atoms with E-state index >= 15 is 0 Å². The number of rotatable bonds is 2. The first kappa shape index (κ1) is 14.7. The topological polar surface area (TPSA) is 51.0 Å². The number of aromatic amines is 1. The SMILES string of the molecule is COc1ccc2[nH]cc([C@@H](N)C(F)(F)F)c2c1.Cl.